The van der Waals surface area contributed by atoms with E-state index in [9.17, 15) is 4.79 Å². The molecule has 2 aromatic rings. The minimum Gasteiger partial charge on any atom is -0.397 e. The SMILES string of the molecule is Cc1ccc(N(C)c2cc(C(N)=O)c(N)cn2)cc1. The third kappa shape index (κ3) is 2.65. The first-order chi connectivity index (χ1) is 8.99. The molecule has 0 fully saturated rings. The van der Waals surface area contributed by atoms with Crippen molar-refractivity contribution in [1.29, 1.82) is 0 Å². The van der Waals surface area contributed by atoms with Gasteiger partial charge in [0.15, 0.2) is 0 Å². The van der Waals surface area contributed by atoms with E-state index in [4.69, 9.17) is 11.5 Å². The zero-order valence-corrected chi connectivity index (χ0v) is 10.9. The summed E-state index contributed by atoms with van der Waals surface area (Å²) < 4.78 is 0. The molecule has 19 heavy (non-hydrogen) atoms. The van der Waals surface area contributed by atoms with Crippen LogP contribution in [0.15, 0.2) is 36.5 Å². The maximum atomic E-state index is 11.3. The number of hydrogen-bond donors (Lipinski definition) is 2. The number of carbonyl (C=O) groups is 1. The number of anilines is 3. The molecule has 2 rings (SSSR count). The molecule has 1 heterocycles. The molecule has 5 nitrogen and oxygen atoms in total. The number of benzene rings is 1. The number of nitrogens with two attached hydrogens (primary N) is 2. The van der Waals surface area contributed by atoms with Gasteiger partial charge in [0.2, 0.25) is 0 Å². The van der Waals surface area contributed by atoms with Gasteiger partial charge in [-0.1, -0.05) is 17.7 Å². The van der Waals surface area contributed by atoms with E-state index in [0.717, 1.165) is 5.69 Å². The summed E-state index contributed by atoms with van der Waals surface area (Å²) in [6, 6.07) is 9.59. The van der Waals surface area contributed by atoms with Gasteiger partial charge in [-0.05, 0) is 25.1 Å². The predicted molar refractivity (Wildman–Crippen MR) is 76.4 cm³/mol. The van der Waals surface area contributed by atoms with E-state index < -0.39 is 5.91 Å². The zero-order valence-electron chi connectivity index (χ0n) is 10.9. The fraction of sp³-hybridized carbons (Fsp3) is 0.143. The van der Waals surface area contributed by atoms with Gasteiger partial charge in [-0.2, -0.15) is 0 Å². The molecule has 0 unspecified atom stereocenters. The maximum absolute atomic E-state index is 11.3. The molecule has 5 heteroatoms. The highest BCUT2D eigenvalue weighted by Crippen LogP contribution is 2.24. The topological polar surface area (TPSA) is 85.2 Å². The molecule has 0 spiro atoms. The van der Waals surface area contributed by atoms with Crippen LogP contribution in [0.5, 0.6) is 0 Å². The fourth-order valence-corrected chi connectivity index (χ4v) is 1.75. The maximum Gasteiger partial charge on any atom is 0.250 e. The highest BCUT2D eigenvalue weighted by Gasteiger charge is 2.11. The number of aromatic nitrogens is 1. The second kappa shape index (κ2) is 4.97. The molecule has 0 saturated heterocycles. The van der Waals surface area contributed by atoms with E-state index in [-0.39, 0.29) is 11.3 Å². The van der Waals surface area contributed by atoms with Crippen LogP contribution < -0.4 is 16.4 Å². The van der Waals surface area contributed by atoms with Crippen molar-refractivity contribution in [3.8, 4) is 0 Å². The zero-order chi connectivity index (χ0) is 14.0. The van der Waals surface area contributed by atoms with Crippen molar-refractivity contribution >= 4 is 23.1 Å². The van der Waals surface area contributed by atoms with Crippen LogP contribution in [0.25, 0.3) is 0 Å². The normalized spacial score (nSPS) is 10.2. The van der Waals surface area contributed by atoms with Crippen molar-refractivity contribution in [2.75, 3.05) is 17.7 Å². The van der Waals surface area contributed by atoms with Gasteiger partial charge in [-0.3, -0.25) is 4.79 Å². The van der Waals surface area contributed by atoms with Gasteiger partial charge in [0, 0.05) is 12.7 Å². The van der Waals surface area contributed by atoms with E-state index >= 15 is 0 Å². The molecule has 0 aliphatic carbocycles. The van der Waals surface area contributed by atoms with Crippen LogP contribution in [0, 0.1) is 6.92 Å². The van der Waals surface area contributed by atoms with Crippen LogP contribution in [0.4, 0.5) is 17.2 Å². The molecule has 0 atom stereocenters. The van der Waals surface area contributed by atoms with E-state index in [1.54, 1.807) is 6.07 Å². The summed E-state index contributed by atoms with van der Waals surface area (Å²) in [6.45, 7) is 2.02. The second-order valence-corrected chi connectivity index (χ2v) is 4.39. The molecule has 0 saturated carbocycles. The lowest BCUT2D eigenvalue weighted by molar-refractivity contribution is 0.100. The molecular weight excluding hydrogens is 240 g/mol. The van der Waals surface area contributed by atoms with Crippen LogP contribution in [0.3, 0.4) is 0 Å². The summed E-state index contributed by atoms with van der Waals surface area (Å²) in [5.41, 5.74) is 13.7. The minimum atomic E-state index is -0.557. The lowest BCUT2D eigenvalue weighted by atomic mass is 10.2. The molecule has 0 aliphatic rings. The van der Waals surface area contributed by atoms with Crippen molar-refractivity contribution < 1.29 is 4.79 Å². The van der Waals surface area contributed by atoms with Crippen LogP contribution in [-0.4, -0.2) is 17.9 Å². The van der Waals surface area contributed by atoms with Crippen molar-refractivity contribution in [1.82, 2.24) is 4.98 Å². The summed E-state index contributed by atoms with van der Waals surface area (Å²) in [7, 11) is 1.87. The number of amides is 1. The number of nitrogen functional groups attached to an aromatic ring is 1. The highest BCUT2D eigenvalue weighted by atomic mass is 16.1. The van der Waals surface area contributed by atoms with Crippen molar-refractivity contribution in [3.63, 3.8) is 0 Å². The minimum absolute atomic E-state index is 0.281. The summed E-state index contributed by atoms with van der Waals surface area (Å²) in [4.78, 5) is 17.4. The Bertz CT molecular complexity index is 607. The molecule has 1 amide bonds. The number of rotatable bonds is 3. The summed E-state index contributed by atoms with van der Waals surface area (Å²) >= 11 is 0. The molecule has 0 bridgehead atoms. The van der Waals surface area contributed by atoms with Gasteiger partial charge in [0.05, 0.1) is 17.4 Å². The van der Waals surface area contributed by atoms with Crippen LogP contribution in [-0.2, 0) is 0 Å². The van der Waals surface area contributed by atoms with Gasteiger partial charge in [0.1, 0.15) is 5.82 Å². The Morgan fingerprint density at radius 1 is 1.26 bits per heavy atom. The molecular formula is C14H16N4O. The van der Waals surface area contributed by atoms with Gasteiger partial charge in [0.25, 0.3) is 5.91 Å². The van der Waals surface area contributed by atoms with Gasteiger partial charge >= 0.3 is 0 Å². The summed E-state index contributed by atoms with van der Waals surface area (Å²) in [5.74, 6) is 0.0605. The van der Waals surface area contributed by atoms with Crippen molar-refractivity contribution in [3.05, 3.63) is 47.7 Å². The molecule has 0 radical (unpaired) electrons. The number of nitrogens with zero attached hydrogens (tertiary/aromatic N) is 2. The second-order valence-electron chi connectivity index (χ2n) is 4.39. The summed E-state index contributed by atoms with van der Waals surface area (Å²) in [6.07, 6.45) is 1.44. The lowest BCUT2D eigenvalue weighted by Gasteiger charge is -2.19. The Hall–Kier alpha value is -2.56. The smallest absolute Gasteiger partial charge is 0.250 e. The van der Waals surface area contributed by atoms with Crippen LogP contribution in [0.1, 0.15) is 15.9 Å². The van der Waals surface area contributed by atoms with E-state index in [2.05, 4.69) is 4.98 Å². The molecule has 98 valence electrons. The quantitative estimate of drug-likeness (QED) is 0.877. The number of hydrogen-bond acceptors (Lipinski definition) is 4. The van der Waals surface area contributed by atoms with Gasteiger partial charge in [-0.25, -0.2) is 4.98 Å². The Morgan fingerprint density at radius 2 is 1.89 bits per heavy atom. The van der Waals surface area contributed by atoms with E-state index in [1.165, 1.54) is 11.8 Å². The fourth-order valence-electron chi connectivity index (χ4n) is 1.75. The first kappa shape index (κ1) is 12.9. The average molecular weight is 256 g/mol. The van der Waals surface area contributed by atoms with Gasteiger partial charge in [-0.15, -0.1) is 0 Å². The molecule has 4 N–H and O–H groups in total. The number of primary amides is 1. The van der Waals surface area contributed by atoms with E-state index in [0.29, 0.717) is 5.82 Å². The van der Waals surface area contributed by atoms with Crippen molar-refractivity contribution in [2.24, 2.45) is 5.73 Å². The van der Waals surface area contributed by atoms with E-state index in [1.807, 2.05) is 43.1 Å². The Balaban J connectivity index is 2.38. The monoisotopic (exact) mass is 256 g/mol. The first-order valence-corrected chi connectivity index (χ1v) is 5.85. The third-order valence-corrected chi connectivity index (χ3v) is 2.95. The molecule has 0 aliphatic heterocycles. The van der Waals surface area contributed by atoms with Crippen molar-refractivity contribution in [2.45, 2.75) is 6.92 Å². The standard InChI is InChI=1S/C14H16N4O/c1-9-3-5-10(6-4-9)18(2)13-7-11(14(16)19)12(15)8-17-13/h3-8H,15H2,1-2H3,(H2,16,19). The number of pyridine rings is 1. The number of aryl methyl sites for hydroxylation is 1. The largest absolute Gasteiger partial charge is 0.397 e. The first-order valence-electron chi connectivity index (χ1n) is 5.85. The average Bonchev–Trinajstić information content (AvgIpc) is 2.39. The lowest BCUT2D eigenvalue weighted by Crippen LogP contribution is -2.17. The van der Waals surface area contributed by atoms with Crippen LogP contribution >= 0.6 is 0 Å². The summed E-state index contributed by atoms with van der Waals surface area (Å²) in [5, 5.41) is 0. The molecule has 1 aromatic carbocycles. The predicted octanol–water partition coefficient (Wildman–Crippen LogP) is 1.84. The molecule has 1 aromatic heterocycles. The van der Waals surface area contributed by atoms with Gasteiger partial charge < -0.3 is 16.4 Å². The van der Waals surface area contributed by atoms with Crippen LogP contribution in [0.2, 0.25) is 0 Å². The number of carbonyl (C=O) groups excluding carboxylic acids is 1. The Kier molecular flexibility index (Phi) is 3.37. The highest BCUT2D eigenvalue weighted by molar-refractivity contribution is 5.98. The Morgan fingerprint density at radius 3 is 2.47 bits per heavy atom. The third-order valence-electron chi connectivity index (χ3n) is 2.95. The Labute approximate surface area is 111 Å².